The molecule has 0 bridgehead atoms. The molecule has 0 radical (unpaired) electrons. The molecular weight excluding hydrogens is 162 g/mol. The molecule has 2 nitrogen and oxygen atoms in total. The van der Waals surface area contributed by atoms with E-state index in [2.05, 4.69) is 32.8 Å². The molecule has 2 heteroatoms. The van der Waals surface area contributed by atoms with Crippen LogP contribution in [0.4, 0.5) is 0 Å². The second-order valence-electron chi connectivity index (χ2n) is 4.64. The molecule has 1 aliphatic carbocycles. The van der Waals surface area contributed by atoms with Crippen molar-refractivity contribution in [2.75, 3.05) is 14.1 Å². The standard InChI is InChI=1S/C11H21NO/c1-8-5-6-10(11(8)7-13)9(2)12(3)4/h7-11H,5-6H2,1-4H3/t8?,9-,10?,11?/m1/s1. The highest BCUT2D eigenvalue weighted by molar-refractivity contribution is 5.55. The van der Waals surface area contributed by atoms with Crippen LogP contribution in [0.3, 0.4) is 0 Å². The van der Waals surface area contributed by atoms with Gasteiger partial charge in [0.15, 0.2) is 0 Å². The molecule has 0 aromatic carbocycles. The molecule has 0 saturated heterocycles. The third-order valence-corrected chi connectivity index (χ3v) is 3.70. The van der Waals surface area contributed by atoms with Gasteiger partial charge < -0.3 is 9.69 Å². The van der Waals surface area contributed by atoms with Crippen molar-refractivity contribution in [3.05, 3.63) is 0 Å². The van der Waals surface area contributed by atoms with Crippen molar-refractivity contribution < 1.29 is 4.79 Å². The van der Waals surface area contributed by atoms with Gasteiger partial charge in [0.1, 0.15) is 6.29 Å². The Balaban J connectivity index is 2.64. The zero-order chi connectivity index (χ0) is 10.0. The molecule has 13 heavy (non-hydrogen) atoms. The van der Waals surface area contributed by atoms with E-state index in [1.165, 1.54) is 19.1 Å². The summed E-state index contributed by atoms with van der Waals surface area (Å²) in [6, 6.07) is 0.528. The maximum absolute atomic E-state index is 10.9. The first kappa shape index (κ1) is 10.7. The summed E-state index contributed by atoms with van der Waals surface area (Å²) in [5.41, 5.74) is 0. The largest absolute Gasteiger partial charge is 0.306 e. The summed E-state index contributed by atoms with van der Waals surface area (Å²) in [4.78, 5) is 13.2. The van der Waals surface area contributed by atoms with Crippen LogP contribution in [0.5, 0.6) is 0 Å². The second-order valence-corrected chi connectivity index (χ2v) is 4.64. The van der Waals surface area contributed by atoms with Gasteiger partial charge in [-0.2, -0.15) is 0 Å². The van der Waals surface area contributed by atoms with Crippen LogP contribution in [0.1, 0.15) is 26.7 Å². The summed E-state index contributed by atoms with van der Waals surface area (Å²) in [7, 11) is 4.19. The number of aldehydes is 1. The van der Waals surface area contributed by atoms with Gasteiger partial charge in [0, 0.05) is 12.0 Å². The van der Waals surface area contributed by atoms with E-state index in [0.717, 1.165) is 0 Å². The topological polar surface area (TPSA) is 20.3 Å². The average molecular weight is 183 g/mol. The van der Waals surface area contributed by atoms with Crippen molar-refractivity contribution in [2.24, 2.45) is 17.8 Å². The third-order valence-electron chi connectivity index (χ3n) is 3.70. The average Bonchev–Trinajstić information content (AvgIpc) is 2.45. The Hall–Kier alpha value is -0.370. The zero-order valence-corrected chi connectivity index (χ0v) is 9.16. The van der Waals surface area contributed by atoms with E-state index in [9.17, 15) is 4.79 Å². The molecule has 1 saturated carbocycles. The lowest BCUT2D eigenvalue weighted by atomic mass is 9.87. The second kappa shape index (κ2) is 4.23. The van der Waals surface area contributed by atoms with E-state index in [-0.39, 0.29) is 5.92 Å². The van der Waals surface area contributed by atoms with E-state index >= 15 is 0 Å². The Labute approximate surface area is 81.3 Å². The molecule has 0 spiro atoms. The molecule has 0 N–H and O–H groups in total. The predicted molar refractivity (Wildman–Crippen MR) is 54.6 cm³/mol. The van der Waals surface area contributed by atoms with Crippen LogP contribution < -0.4 is 0 Å². The summed E-state index contributed by atoms with van der Waals surface area (Å²) in [5.74, 6) is 1.45. The normalized spacial score (nSPS) is 36.5. The monoisotopic (exact) mass is 183 g/mol. The molecule has 0 aromatic heterocycles. The number of hydrogen-bond donors (Lipinski definition) is 0. The minimum atomic E-state index is 0.289. The SMILES string of the molecule is CC1CCC([C@@H](C)N(C)C)C1C=O. The van der Waals surface area contributed by atoms with Crippen molar-refractivity contribution in [3.8, 4) is 0 Å². The fourth-order valence-corrected chi connectivity index (χ4v) is 2.44. The van der Waals surface area contributed by atoms with Crippen molar-refractivity contribution in [3.63, 3.8) is 0 Å². The molecule has 0 aliphatic heterocycles. The molecule has 3 unspecified atom stereocenters. The van der Waals surface area contributed by atoms with Gasteiger partial charge >= 0.3 is 0 Å². The Kier molecular flexibility index (Phi) is 3.48. The van der Waals surface area contributed by atoms with Crippen LogP contribution in [-0.2, 0) is 4.79 Å². The maximum Gasteiger partial charge on any atom is 0.123 e. The third kappa shape index (κ3) is 2.11. The lowest BCUT2D eigenvalue weighted by Crippen LogP contribution is -2.35. The summed E-state index contributed by atoms with van der Waals surface area (Å²) in [6.45, 7) is 4.42. The Morgan fingerprint density at radius 3 is 2.46 bits per heavy atom. The number of carbonyl (C=O) groups is 1. The number of nitrogens with zero attached hydrogens (tertiary/aromatic N) is 1. The minimum absolute atomic E-state index is 0.289. The van der Waals surface area contributed by atoms with Crippen LogP contribution in [-0.4, -0.2) is 31.3 Å². The van der Waals surface area contributed by atoms with Gasteiger partial charge in [-0.25, -0.2) is 0 Å². The summed E-state index contributed by atoms with van der Waals surface area (Å²) in [6.07, 6.45) is 3.60. The fourth-order valence-electron chi connectivity index (χ4n) is 2.44. The van der Waals surface area contributed by atoms with Crippen molar-refractivity contribution in [1.29, 1.82) is 0 Å². The molecule has 0 aromatic rings. The fraction of sp³-hybridized carbons (Fsp3) is 0.909. The van der Waals surface area contributed by atoms with Gasteiger partial charge in [-0.15, -0.1) is 0 Å². The molecule has 76 valence electrons. The molecule has 0 amide bonds. The van der Waals surface area contributed by atoms with Crippen LogP contribution in [0.15, 0.2) is 0 Å². The molecule has 1 rings (SSSR count). The van der Waals surface area contributed by atoms with Crippen molar-refractivity contribution in [1.82, 2.24) is 4.90 Å². The van der Waals surface area contributed by atoms with E-state index < -0.39 is 0 Å². The van der Waals surface area contributed by atoms with Gasteiger partial charge in [-0.3, -0.25) is 0 Å². The lowest BCUT2D eigenvalue weighted by molar-refractivity contribution is -0.113. The van der Waals surface area contributed by atoms with Gasteiger partial charge in [-0.1, -0.05) is 6.92 Å². The quantitative estimate of drug-likeness (QED) is 0.622. The maximum atomic E-state index is 10.9. The highest BCUT2D eigenvalue weighted by Crippen LogP contribution is 2.38. The van der Waals surface area contributed by atoms with Crippen LogP contribution in [0.2, 0.25) is 0 Å². The summed E-state index contributed by atoms with van der Waals surface area (Å²) >= 11 is 0. The molecule has 0 heterocycles. The first-order valence-corrected chi connectivity index (χ1v) is 5.19. The molecular formula is C11H21NO. The predicted octanol–water partition coefficient (Wildman–Crippen LogP) is 1.80. The van der Waals surface area contributed by atoms with Gasteiger partial charge in [-0.05, 0) is 45.7 Å². The Bertz CT molecular complexity index is 179. The highest BCUT2D eigenvalue weighted by Gasteiger charge is 2.36. The highest BCUT2D eigenvalue weighted by atomic mass is 16.1. The molecule has 1 fully saturated rings. The lowest BCUT2D eigenvalue weighted by Gasteiger charge is -2.29. The smallest absolute Gasteiger partial charge is 0.123 e. The van der Waals surface area contributed by atoms with Crippen LogP contribution in [0, 0.1) is 17.8 Å². The van der Waals surface area contributed by atoms with Gasteiger partial charge in [0.2, 0.25) is 0 Å². The van der Waals surface area contributed by atoms with E-state index in [1.807, 2.05) is 0 Å². The summed E-state index contributed by atoms with van der Waals surface area (Å²) < 4.78 is 0. The first-order chi connectivity index (χ1) is 6.07. The Morgan fingerprint density at radius 1 is 1.38 bits per heavy atom. The number of hydrogen-bond acceptors (Lipinski definition) is 2. The molecule has 4 atom stereocenters. The minimum Gasteiger partial charge on any atom is -0.306 e. The van der Waals surface area contributed by atoms with Crippen molar-refractivity contribution in [2.45, 2.75) is 32.7 Å². The Morgan fingerprint density at radius 2 is 2.00 bits per heavy atom. The number of rotatable bonds is 3. The summed E-state index contributed by atoms with van der Waals surface area (Å²) in [5, 5.41) is 0. The zero-order valence-electron chi connectivity index (χ0n) is 9.16. The van der Waals surface area contributed by atoms with Gasteiger partial charge in [0.25, 0.3) is 0 Å². The van der Waals surface area contributed by atoms with Crippen LogP contribution >= 0.6 is 0 Å². The number of carbonyl (C=O) groups excluding carboxylic acids is 1. The van der Waals surface area contributed by atoms with E-state index in [0.29, 0.717) is 17.9 Å². The van der Waals surface area contributed by atoms with Crippen LogP contribution in [0.25, 0.3) is 0 Å². The van der Waals surface area contributed by atoms with Crippen molar-refractivity contribution >= 4 is 6.29 Å². The molecule has 1 aliphatic rings. The van der Waals surface area contributed by atoms with E-state index in [4.69, 9.17) is 0 Å². The first-order valence-electron chi connectivity index (χ1n) is 5.19. The van der Waals surface area contributed by atoms with Gasteiger partial charge in [0.05, 0.1) is 0 Å². The van der Waals surface area contributed by atoms with E-state index in [1.54, 1.807) is 0 Å².